The average Bonchev–Trinajstić information content (AvgIpc) is 3.51. The lowest BCUT2D eigenvalue weighted by Gasteiger charge is -2.33. The number of hydrogen-bond donors (Lipinski definition) is 2. The number of tetrazole rings is 1. The van der Waals surface area contributed by atoms with E-state index in [0.29, 0.717) is 25.2 Å². The summed E-state index contributed by atoms with van der Waals surface area (Å²) in [4.78, 5) is 15.8. The minimum absolute atomic E-state index is 0.203. The molecule has 11 heteroatoms. The summed E-state index contributed by atoms with van der Waals surface area (Å²) in [6, 6.07) is 10.6. The number of carbonyl (C=O) groups excluding carboxylic acids is 1. The summed E-state index contributed by atoms with van der Waals surface area (Å²) in [6.07, 6.45) is 1.90. The molecular weight excluding hydrogens is 452 g/mol. The fraction of sp³-hybridized carbons (Fsp3) is 0.364. The number of aryl methyl sites for hydroxylation is 1. The largest absolute Gasteiger partial charge is 0.449 e. The second-order valence-electron chi connectivity index (χ2n) is 7.59. The Morgan fingerprint density at radius 1 is 1.30 bits per heavy atom. The number of aromatic nitrogens is 4. The van der Waals surface area contributed by atoms with Crippen molar-refractivity contribution >= 4 is 17.4 Å². The van der Waals surface area contributed by atoms with Crippen LogP contribution in [0.1, 0.15) is 23.3 Å². The van der Waals surface area contributed by atoms with Gasteiger partial charge in [0.15, 0.2) is 0 Å². The average molecular weight is 476 g/mol. The molecule has 1 saturated heterocycles. The van der Waals surface area contributed by atoms with Gasteiger partial charge in [0.05, 0.1) is 17.5 Å². The molecule has 2 N–H and O–H groups in total. The van der Waals surface area contributed by atoms with Crippen LogP contribution in [0, 0.1) is 0 Å². The molecule has 4 rings (SSSR count). The highest BCUT2D eigenvalue weighted by atomic mass is 32.1. The molecule has 8 nitrogen and oxygen atoms in total. The number of aliphatic hydroxyl groups is 1. The van der Waals surface area contributed by atoms with Gasteiger partial charge in [-0.1, -0.05) is 42.5 Å². The highest BCUT2D eigenvalue weighted by Gasteiger charge is 2.39. The van der Waals surface area contributed by atoms with Crippen LogP contribution in [-0.4, -0.2) is 62.0 Å². The summed E-state index contributed by atoms with van der Waals surface area (Å²) < 4.78 is 34.2. The zero-order chi connectivity index (χ0) is 23.3. The van der Waals surface area contributed by atoms with Crippen molar-refractivity contribution in [3.63, 3.8) is 0 Å². The quantitative estimate of drug-likeness (QED) is 0.457. The lowest BCUT2D eigenvalue weighted by Crippen LogP contribution is -2.45. The number of aromatic amines is 1. The zero-order valence-electron chi connectivity index (χ0n) is 17.6. The van der Waals surface area contributed by atoms with Gasteiger partial charge in [-0.2, -0.15) is 14.0 Å². The second-order valence-corrected chi connectivity index (χ2v) is 8.76. The Hall–Kier alpha value is -3.18. The molecule has 174 valence electrons. The molecule has 0 saturated carbocycles. The third-order valence-electron chi connectivity index (χ3n) is 5.37. The number of hydrogen-bond acceptors (Lipinski definition) is 7. The van der Waals surface area contributed by atoms with E-state index in [1.165, 1.54) is 35.2 Å². The van der Waals surface area contributed by atoms with Crippen LogP contribution in [0.3, 0.4) is 0 Å². The number of H-pyrrole nitrogens is 1. The maximum Gasteiger partial charge on any atom is 0.410 e. The molecule has 3 aromatic rings. The van der Waals surface area contributed by atoms with E-state index in [4.69, 9.17) is 4.74 Å². The molecule has 0 unspecified atom stereocenters. The van der Waals surface area contributed by atoms with Crippen molar-refractivity contribution in [3.8, 4) is 10.7 Å². The molecule has 1 aliphatic heterocycles. The standard InChI is InChI=1S/C22H23F2N5O3S/c23-22(24,15-5-2-1-3-6-15)19(30)11-8-16-12-14-32-21(31)29(16)13-4-7-17-9-10-18(33-17)20-25-27-28-26-20/h1-3,5-6,8-11,16,19,30H,4,7,12-14H2,(H,25,26,27,28)/t16-,19+/m0/s1. The number of thiophene rings is 1. The summed E-state index contributed by atoms with van der Waals surface area (Å²) in [5.41, 5.74) is -0.266. The van der Waals surface area contributed by atoms with E-state index in [2.05, 4.69) is 20.6 Å². The number of amides is 1. The van der Waals surface area contributed by atoms with E-state index in [9.17, 15) is 18.7 Å². The van der Waals surface area contributed by atoms with E-state index in [-0.39, 0.29) is 12.2 Å². The van der Waals surface area contributed by atoms with E-state index in [1.54, 1.807) is 17.4 Å². The van der Waals surface area contributed by atoms with Crippen molar-refractivity contribution in [1.82, 2.24) is 25.5 Å². The third-order valence-corrected chi connectivity index (χ3v) is 6.51. The molecule has 0 spiro atoms. The van der Waals surface area contributed by atoms with Crippen LogP contribution in [0.2, 0.25) is 0 Å². The van der Waals surface area contributed by atoms with E-state index < -0.39 is 24.2 Å². The van der Waals surface area contributed by atoms with Gasteiger partial charge in [0.1, 0.15) is 6.10 Å². The van der Waals surface area contributed by atoms with Crippen LogP contribution < -0.4 is 0 Å². The number of rotatable bonds is 9. The molecule has 3 heterocycles. The van der Waals surface area contributed by atoms with Crippen LogP contribution in [-0.2, 0) is 17.1 Å². The number of carbonyl (C=O) groups is 1. The minimum atomic E-state index is -3.44. The van der Waals surface area contributed by atoms with Crippen molar-refractivity contribution in [2.45, 2.75) is 37.3 Å². The second kappa shape index (κ2) is 10.2. The van der Waals surface area contributed by atoms with Gasteiger partial charge in [0.2, 0.25) is 5.82 Å². The topological polar surface area (TPSA) is 104 Å². The number of benzene rings is 1. The first-order valence-corrected chi connectivity index (χ1v) is 11.3. The summed E-state index contributed by atoms with van der Waals surface area (Å²) >= 11 is 1.54. The first-order valence-electron chi connectivity index (χ1n) is 10.5. The highest BCUT2D eigenvalue weighted by Crippen LogP contribution is 2.32. The van der Waals surface area contributed by atoms with Crippen molar-refractivity contribution in [3.05, 3.63) is 65.1 Å². The van der Waals surface area contributed by atoms with Crippen LogP contribution in [0.25, 0.3) is 10.7 Å². The van der Waals surface area contributed by atoms with E-state index >= 15 is 0 Å². The fourth-order valence-corrected chi connectivity index (χ4v) is 4.58. The normalized spacial score (nSPS) is 18.0. The molecule has 1 aromatic carbocycles. The van der Waals surface area contributed by atoms with Gasteiger partial charge in [-0.25, -0.2) is 4.79 Å². The van der Waals surface area contributed by atoms with Crippen LogP contribution >= 0.6 is 11.3 Å². The van der Waals surface area contributed by atoms with Gasteiger partial charge in [0.25, 0.3) is 0 Å². The van der Waals surface area contributed by atoms with Crippen molar-refractivity contribution in [2.24, 2.45) is 0 Å². The monoisotopic (exact) mass is 475 g/mol. The Balaban J connectivity index is 1.36. The summed E-state index contributed by atoms with van der Waals surface area (Å²) in [5.74, 6) is -2.91. The van der Waals surface area contributed by atoms with Gasteiger partial charge in [-0.05, 0) is 30.2 Å². The van der Waals surface area contributed by atoms with Crippen LogP contribution in [0.5, 0.6) is 0 Å². The first kappa shape index (κ1) is 23.0. The predicted molar refractivity (Wildman–Crippen MR) is 118 cm³/mol. The third kappa shape index (κ3) is 5.42. The maximum absolute atomic E-state index is 14.6. The Kier molecular flexibility index (Phi) is 7.09. The minimum Gasteiger partial charge on any atom is -0.449 e. The van der Waals surface area contributed by atoms with Crippen molar-refractivity contribution in [1.29, 1.82) is 0 Å². The molecular formula is C22H23F2N5O3S. The van der Waals surface area contributed by atoms with Gasteiger partial charge in [-0.15, -0.1) is 21.5 Å². The molecule has 33 heavy (non-hydrogen) atoms. The Morgan fingerprint density at radius 2 is 2.12 bits per heavy atom. The van der Waals surface area contributed by atoms with Gasteiger partial charge in [0, 0.05) is 23.4 Å². The first-order chi connectivity index (χ1) is 15.9. The van der Waals surface area contributed by atoms with Crippen molar-refractivity contribution in [2.75, 3.05) is 13.2 Å². The number of nitrogens with zero attached hydrogens (tertiary/aromatic N) is 4. The Morgan fingerprint density at radius 3 is 2.88 bits per heavy atom. The number of cyclic esters (lactones) is 1. The molecule has 1 fully saturated rings. The highest BCUT2D eigenvalue weighted by molar-refractivity contribution is 7.15. The van der Waals surface area contributed by atoms with E-state index in [0.717, 1.165) is 22.3 Å². The maximum atomic E-state index is 14.6. The Labute approximate surface area is 192 Å². The van der Waals surface area contributed by atoms with Crippen LogP contribution in [0.4, 0.5) is 13.6 Å². The molecule has 1 amide bonds. The van der Waals surface area contributed by atoms with Gasteiger partial charge in [-0.3, -0.25) is 0 Å². The number of nitrogens with one attached hydrogen (secondary N) is 1. The van der Waals surface area contributed by atoms with E-state index in [1.807, 2.05) is 12.1 Å². The molecule has 2 aromatic heterocycles. The lowest BCUT2D eigenvalue weighted by atomic mass is 10.0. The molecule has 0 radical (unpaired) electrons. The van der Waals surface area contributed by atoms with Gasteiger partial charge >= 0.3 is 12.0 Å². The number of ether oxygens (including phenoxy) is 1. The number of aliphatic hydroxyl groups excluding tert-OH is 1. The SMILES string of the molecule is O=C1OCC[C@H](C=C[C@@H](O)C(F)(F)c2ccccc2)N1CCCc1ccc(-c2nn[nH]n2)s1. The molecule has 0 aliphatic carbocycles. The smallest absolute Gasteiger partial charge is 0.410 e. The Bertz CT molecular complexity index is 1070. The predicted octanol–water partition coefficient (Wildman–Crippen LogP) is 3.78. The van der Waals surface area contributed by atoms with Crippen molar-refractivity contribution < 1.29 is 23.4 Å². The van der Waals surface area contributed by atoms with Crippen LogP contribution in [0.15, 0.2) is 54.6 Å². The summed E-state index contributed by atoms with van der Waals surface area (Å²) in [7, 11) is 0. The fourth-order valence-electron chi connectivity index (χ4n) is 3.61. The number of alkyl halides is 2. The zero-order valence-corrected chi connectivity index (χ0v) is 18.4. The molecule has 0 bridgehead atoms. The molecule has 2 atom stereocenters. The summed E-state index contributed by atoms with van der Waals surface area (Å²) in [5, 5.41) is 24.0. The van der Waals surface area contributed by atoms with Gasteiger partial charge < -0.3 is 14.7 Å². The number of halogens is 2. The summed E-state index contributed by atoms with van der Waals surface area (Å²) in [6.45, 7) is 0.600. The molecule has 1 aliphatic rings. The lowest BCUT2D eigenvalue weighted by molar-refractivity contribution is -0.0930.